The molecule has 1 atom stereocenters. The standard InChI is InChI=1S/C22H25N3O5/c1-14-5-7-18(25(27)28)22(15(14)2)23-21(26)13-24-9-3-4-17(24)16-6-8-19-20(12-16)30-11-10-29-19/h5-8,12,17H,3-4,9-11,13H2,1-2H3,(H,23,26)/t17-/m1/s1. The lowest BCUT2D eigenvalue weighted by molar-refractivity contribution is -0.384. The number of nitro benzene ring substituents is 1. The van der Waals surface area contributed by atoms with Crippen molar-refractivity contribution in [2.45, 2.75) is 32.7 Å². The molecule has 1 amide bonds. The summed E-state index contributed by atoms with van der Waals surface area (Å²) in [6.45, 7) is 5.69. The van der Waals surface area contributed by atoms with E-state index in [0.29, 0.717) is 18.8 Å². The Morgan fingerprint density at radius 1 is 1.20 bits per heavy atom. The number of anilines is 1. The number of nitrogens with zero attached hydrogens (tertiary/aromatic N) is 2. The molecule has 158 valence electrons. The molecule has 4 rings (SSSR count). The van der Waals surface area contributed by atoms with Gasteiger partial charge in [0, 0.05) is 12.1 Å². The second kappa shape index (κ2) is 8.31. The average Bonchev–Trinajstić information content (AvgIpc) is 3.19. The fourth-order valence-electron chi connectivity index (χ4n) is 4.13. The first-order valence-corrected chi connectivity index (χ1v) is 10.1. The van der Waals surface area contributed by atoms with Gasteiger partial charge in [0.05, 0.1) is 11.5 Å². The summed E-state index contributed by atoms with van der Waals surface area (Å²) in [7, 11) is 0. The second-order valence-corrected chi connectivity index (χ2v) is 7.74. The van der Waals surface area contributed by atoms with Crippen LogP contribution in [0.3, 0.4) is 0 Å². The van der Waals surface area contributed by atoms with Crippen molar-refractivity contribution in [1.29, 1.82) is 0 Å². The van der Waals surface area contributed by atoms with Crippen molar-refractivity contribution in [3.8, 4) is 11.5 Å². The zero-order valence-corrected chi connectivity index (χ0v) is 17.1. The van der Waals surface area contributed by atoms with E-state index in [4.69, 9.17) is 9.47 Å². The monoisotopic (exact) mass is 411 g/mol. The van der Waals surface area contributed by atoms with E-state index in [1.807, 2.05) is 25.1 Å². The highest BCUT2D eigenvalue weighted by Crippen LogP contribution is 2.38. The van der Waals surface area contributed by atoms with Gasteiger partial charge in [0.2, 0.25) is 5.91 Å². The van der Waals surface area contributed by atoms with Gasteiger partial charge in [-0.25, -0.2) is 0 Å². The minimum Gasteiger partial charge on any atom is -0.486 e. The Hall–Kier alpha value is -3.13. The molecule has 0 unspecified atom stereocenters. The van der Waals surface area contributed by atoms with Gasteiger partial charge in [0.15, 0.2) is 11.5 Å². The van der Waals surface area contributed by atoms with E-state index in [1.165, 1.54) is 6.07 Å². The van der Waals surface area contributed by atoms with E-state index in [1.54, 1.807) is 13.0 Å². The number of carbonyl (C=O) groups excluding carboxylic acids is 1. The molecule has 0 aromatic heterocycles. The Balaban J connectivity index is 1.50. The number of benzene rings is 2. The minimum atomic E-state index is -0.462. The number of nitro groups is 1. The van der Waals surface area contributed by atoms with Crippen molar-refractivity contribution >= 4 is 17.3 Å². The summed E-state index contributed by atoms with van der Waals surface area (Å²) in [4.78, 5) is 25.8. The summed E-state index contributed by atoms with van der Waals surface area (Å²) in [6, 6.07) is 9.15. The molecule has 1 saturated heterocycles. The summed E-state index contributed by atoms with van der Waals surface area (Å²) in [5.41, 5.74) is 2.88. The van der Waals surface area contributed by atoms with Crippen LogP contribution < -0.4 is 14.8 Å². The number of carbonyl (C=O) groups is 1. The van der Waals surface area contributed by atoms with E-state index in [9.17, 15) is 14.9 Å². The zero-order chi connectivity index (χ0) is 21.3. The fourth-order valence-corrected chi connectivity index (χ4v) is 4.13. The Labute approximate surface area is 174 Å². The highest BCUT2D eigenvalue weighted by molar-refractivity contribution is 5.95. The Morgan fingerprint density at radius 2 is 1.97 bits per heavy atom. The third-order valence-corrected chi connectivity index (χ3v) is 5.84. The van der Waals surface area contributed by atoms with Crippen LogP contribution in [-0.2, 0) is 4.79 Å². The normalized spacial score (nSPS) is 18.3. The lowest BCUT2D eigenvalue weighted by Gasteiger charge is -2.26. The molecule has 0 spiro atoms. The molecule has 2 aromatic carbocycles. The van der Waals surface area contributed by atoms with E-state index in [-0.39, 0.29) is 29.9 Å². The lowest BCUT2D eigenvalue weighted by atomic mass is 10.0. The van der Waals surface area contributed by atoms with Crippen molar-refractivity contribution in [1.82, 2.24) is 4.90 Å². The van der Waals surface area contributed by atoms with Crippen molar-refractivity contribution in [2.75, 3.05) is 31.6 Å². The molecule has 2 aliphatic rings. The minimum absolute atomic E-state index is 0.0868. The first kappa shape index (κ1) is 20.2. The van der Waals surface area contributed by atoms with Crippen LogP contribution in [0.4, 0.5) is 11.4 Å². The number of likely N-dealkylation sites (tertiary alicyclic amines) is 1. The van der Waals surface area contributed by atoms with E-state index in [2.05, 4.69) is 10.2 Å². The molecule has 30 heavy (non-hydrogen) atoms. The molecule has 1 N–H and O–H groups in total. The van der Waals surface area contributed by atoms with Crippen molar-refractivity contribution in [2.24, 2.45) is 0 Å². The SMILES string of the molecule is Cc1ccc([N+](=O)[O-])c(NC(=O)CN2CCC[C@@H]2c2ccc3c(c2)OCCO3)c1C. The van der Waals surface area contributed by atoms with Crippen LogP contribution in [0, 0.1) is 24.0 Å². The number of nitrogens with one attached hydrogen (secondary N) is 1. The molecule has 0 bridgehead atoms. The number of fused-ring (bicyclic) bond motifs is 1. The molecule has 8 nitrogen and oxygen atoms in total. The summed E-state index contributed by atoms with van der Waals surface area (Å²) >= 11 is 0. The largest absolute Gasteiger partial charge is 0.486 e. The molecule has 0 radical (unpaired) electrons. The highest BCUT2D eigenvalue weighted by Gasteiger charge is 2.29. The number of aryl methyl sites for hydroxylation is 1. The number of amides is 1. The molecule has 0 aliphatic carbocycles. The maximum atomic E-state index is 12.8. The van der Waals surface area contributed by atoms with Crippen LogP contribution >= 0.6 is 0 Å². The predicted molar refractivity (Wildman–Crippen MR) is 112 cm³/mol. The number of hydrogen-bond donors (Lipinski definition) is 1. The molecule has 2 aromatic rings. The van der Waals surface area contributed by atoms with Crippen molar-refractivity contribution < 1.29 is 19.2 Å². The number of rotatable bonds is 5. The molecule has 2 heterocycles. The van der Waals surface area contributed by atoms with Gasteiger partial charge in [-0.05, 0) is 62.1 Å². The van der Waals surface area contributed by atoms with Crippen LogP contribution in [0.15, 0.2) is 30.3 Å². The molecule has 8 heteroatoms. The first-order chi connectivity index (χ1) is 14.4. The van der Waals surface area contributed by atoms with Gasteiger partial charge in [0.1, 0.15) is 18.9 Å². The topological polar surface area (TPSA) is 93.9 Å². The van der Waals surface area contributed by atoms with Gasteiger partial charge >= 0.3 is 0 Å². The smallest absolute Gasteiger partial charge is 0.293 e. The van der Waals surface area contributed by atoms with Gasteiger partial charge in [-0.2, -0.15) is 0 Å². The molecule has 1 fully saturated rings. The van der Waals surface area contributed by atoms with Crippen LogP contribution in [-0.4, -0.2) is 42.0 Å². The third-order valence-electron chi connectivity index (χ3n) is 5.84. The van der Waals surface area contributed by atoms with Crippen molar-refractivity contribution in [3.63, 3.8) is 0 Å². The summed E-state index contributed by atoms with van der Waals surface area (Å²) in [6.07, 6.45) is 1.92. The van der Waals surface area contributed by atoms with Gasteiger partial charge < -0.3 is 14.8 Å². The number of hydrogen-bond acceptors (Lipinski definition) is 6. The highest BCUT2D eigenvalue weighted by atomic mass is 16.6. The summed E-state index contributed by atoms with van der Waals surface area (Å²) < 4.78 is 11.3. The Morgan fingerprint density at radius 3 is 2.73 bits per heavy atom. The zero-order valence-electron chi connectivity index (χ0n) is 17.1. The molecule has 2 aliphatic heterocycles. The van der Waals surface area contributed by atoms with Crippen LogP contribution in [0.2, 0.25) is 0 Å². The molecular formula is C22H25N3O5. The van der Waals surface area contributed by atoms with E-state index < -0.39 is 4.92 Å². The molecular weight excluding hydrogens is 386 g/mol. The summed E-state index contributed by atoms with van der Waals surface area (Å²) in [5, 5.41) is 14.2. The third kappa shape index (κ3) is 3.95. The fraction of sp³-hybridized carbons (Fsp3) is 0.409. The second-order valence-electron chi connectivity index (χ2n) is 7.74. The van der Waals surface area contributed by atoms with Gasteiger partial charge in [-0.1, -0.05) is 12.1 Å². The van der Waals surface area contributed by atoms with E-state index >= 15 is 0 Å². The Kier molecular flexibility index (Phi) is 5.59. The quantitative estimate of drug-likeness (QED) is 0.595. The average molecular weight is 411 g/mol. The van der Waals surface area contributed by atoms with Gasteiger partial charge in [0.25, 0.3) is 5.69 Å². The maximum Gasteiger partial charge on any atom is 0.293 e. The molecule has 0 saturated carbocycles. The van der Waals surface area contributed by atoms with Crippen LogP contribution in [0.5, 0.6) is 11.5 Å². The Bertz CT molecular complexity index is 991. The predicted octanol–water partition coefficient (Wildman–Crippen LogP) is 3.76. The van der Waals surface area contributed by atoms with Gasteiger partial charge in [-0.15, -0.1) is 0 Å². The lowest BCUT2D eigenvalue weighted by Crippen LogP contribution is -2.33. The van der Waals surface area contributed by atoms with E-state index in [0.717, 1.165) is 42.0 Å². The number of ether oxygens (including phenoxy) is 2. The maximum absolute atomic E-state index is 12.8. The van der Waals surface area contributed by atoms with Crippen LogP contribution in [0.1, 0.15) is 35.6 Å². The summed E-state index contributed by atoms with van der Waals surface area (Å²) in [5.74, 6) is 1.23. The van der Waals surface area contributed by atoms with Crippen LogP contribution in [0.25, 0.3) is 0 Å². The van der Waals surface area contributed by atoms with Gasteiger partial charge in [-0.3, -0.25) is 19.8 Å². The van der Waals surface area contributed by atoms with Crippen molar-refractivity contribution in [3.05, 3.63) is 57.1 Å². The first-order valence-electron chi connectivity index (χ1n) is 10.1.